The Morgan fingerprint density at radius 2 is 2.15 bits per heavy atom. The molecular formula is C16H25NO3. The van der Waals surface area contributed by atoms with Gasteiger partial charge in [0.15, 0.2) is 0 Å². The summed E-state index contributed by atoms with van der Waals surface area (Å²) in [6.07, 6.45) is 2.35. The highest BCUT2D eigenvalue weighted by Crippen LogP contribution is 2.34. The van der Waals surface area contributed by atoms with Crippen molar-refractivity contribution in [2.75, 3.05) is 27.9 Å². The highest BCUT2D eigenvalue weighted by Gasteiger charge is 2.30. The molecule has 0 heterocycles. The van der Waals surface area contributed by atoms with Crippen LogP contribution < -0.4 is 10.1 Å². The van der Waals surface area contributed by atoms with E-state index in [0.717, 1.165) is 18.6 Å². The second-order valence-electron chi connectivity index (χ2n) is 5.31. The number of fused-ring (bicyclic) bond motifs is 1. The lowest BCUT2D eigenvalue weighted by Crippen LogP contribution is -2.38. The van der Waals surface area contributed by atoms with Gasteiger partial charge in [0.2, 0.25) is 0 Å². The quantitative estimate of drug-likeness (QED) is 0.867. The summed E-state index contributed by atoms with van der Waals surface area (Å²) in [7, 11) is 5.39. The van der Waals surface area contributed by atoms with Gasteiger partial charge in [-0.05, 0) is 50.1 Å². The van der Waals surface area contributed by atoms with Crippen LogP contribution in [0.15, 0.2) is 18.2 Å². The van der Waals surface area contributed by atoms with Gasteiger partial charge in [-0.15, -0.1) is 0 Å². The molecule has 1 N–H and O–H groups in total. The van der Waals surface area contributed by atoms with E-state index < -0.39 is 0 Å². The average Bonchev–Trinajstić information content (AvgIpc) is 2.46. The Morgan fingerprint density at radius 1 is 1.35 bits per heavy atom. The van der Waals surface area contributed by atoms with Gasteiger partial charge in [0.05, 0.1) is 32.0 Å². The van der Waals surface area contributed by atoms with Crippen molar-refractivity contribution in [3.63, 3.8) is 0 Å². The van der Waals surface area contributed by atoms with Crippen molar-refractivity contribution in [2.24, 2.45) is 0 Å². The number of nitrogens with one attached hydrogen (secondary N) is 1. The minimum atomic E-state index is 0.105. The molecule has 1 aromatic carbocycles. The summed E-state index contributed by atoms with van der Waals surface area (Å²) in [4.78, 5) is 0. The van der Waals surface area contributed by atoms with Crippen molar-refractivity contribution in [3.05, 3.63) is 29.3 Å². The van der Waals surface area contributed by atoms with Gasteiger partial charge in [-0.2, -0.15) is 0 Å². The Labute approximate surface area is 121 Å². The molecule has 4 nitrogen and oxygen atoms in total. The Kier molecular flexibility index (Phi) is 5.40. The molecule has 0 saturated carbocycles. The molecule has 2 rings (SSSR count). The minimum absolute atomic E-state index is 0.105. The van der Waals surface area contributed by atoms with Crippen molar-refractivity contribution in [1.82, 2.24) is 5.32 Å². The van der Waals surface area contributed by atoms with Crippen LogP contribution in [0, 0.1) is 0 Å². The van der Waals surface area contributed by atoms with Crippen molar-refractivity contribution in [2.45, 2.75) is 38.0 Å². The zero-order chi connectivity index (χ0) is 14.5. The maximum absolute atomic E-state index is 6.14. The van der Waals surface area contributed by atoms with Gasteiger partial charge in [-0.25, -0.2) is 0 Å². The monoisotopic (exact) mass is 279 g/mol. The number of methoxy groups -OCH3 is 2. The van der Waals surface area contributed by atoms with Crippen LogP contribution in [0.2, 0.25) is 0 Å². The smallest absolute Gasteiger partial charge is 0.119 e. The second kappa shape index (κ2) is 7.07. The minimum Gasteiger partial charge on any atom is -0.497 e. The third-order valence-corrected chi connectivity index (χ3v) is 3.88. The first-order valence-corrected chi connectivity index (χ1v) is 7.18. The van der Waals surface area contributed by atoms with Crippen LogP contribution in [0.3, 0.4) is 0 Å². The van der Waals surface area contributed by atoms with E-state index in [1.807, 2.05) is 13.1 Å². The van der Waals surface area contributed by atoms with E-state index >= 15 is 0 Å². The summed E-state index contributed by atoms with van der Waals surface area (Å²) in [6, 6.07) is 6.51. The normalized spacial score (nSPS) is 23.2. The zero-order valence-corrected chi connectivity index (χ0v) is 12.8. The Morgan fingerprint density at radius 3 is 2.80 bits per heavy atom. The average molecular weight is 279 g/mol. The van der Waals surface area contributed by atoms with Gasteiger partial charge in [0, 0.05) is 7.11 Å². The number of hydrogen-bond acceptors (Lipinski definition) is 4. The molecule has 3 atom stereocenters. The molecule has 1 aromatic rings. The molecule has 1 aliphatic rings. The first-order chi connectivity index (χ1) is 9.69. The molecule has 0 bridgehead atoms. The van der Waals surface area contributed by atoms with E-state index in [2.05, 4.69) is 24.4 Å². The molecule has 0 saturated heterocycles. The number of aryl methyl sites for hydroxylation is 1. The van der Waals surface area contributed by atoms with Gasteiger partial charge in [0.25, 0.3) is 0 Å². The third kappa shape index (κ3) is 3.32. The molecule has 0 fully saturated rings. The molecule has 0 amide bonds. The molecule has 112 valence electrons. The fraction of sp³-hybridized carbons (Fsp3) is 0.625. The number of benzene rings is 1. The van der Waals surface area contributed by atoms with E-state index in [1.165, 1.54) is 11.1 Å². The molecule has 0 radical (unpaired) electrons. The van der Waals surface area contributed by atoms with Crippen LogP contribution in [0.4, 0.5) is 0 Å². The Hall–Kier alpha value is -1.10. The molecule has 0 aromatic heterocycles. The summed E-state index contributed by atoms with van der Waals surface area (Å²) >= 11 is 0. The van der Waals surface area contributed by atoms with Gasteiger partial charge in [0.1, 0.15) is 5.75 Å². The van der Waals surface area contributed by atoms with Crippen molar-refractivity contribution in [3.8, 4) is 5.75 Å². The van der Waals surface area contributed by atoms with E-state index in [0.29, 0.717) is 6.61 Å². The summed E-state index contributed by atoms with van der Waals surface area (Å²) < 4.78 is 16.6. The van der Waals surface area contributed by atoms with Crippen LogP contribution >= 0.6 is 0 Å². The SMILES string of the molecule is CNC1c2cc(OC)ccc2CCC1OC(C)COC. The standard InChI is InChI=1S/C16H25NO3/c1-11(10-18-3)20-15-8-6-12-5-7-13(19-4)9-14(12)16(15)17-2/h5,7,9,11,15-17H,6,8,10H2,1-4H3. The van der Waals surface area contributed by atoms with Crippen LogP contribution in [0.25, 0.3) is 0 Å². The molecule has 0 spiro atoms. The van der Waals surface area contributed by atoms with Gasteiger partial charge >= 0.3 is 0 Å². The highest BCUT2D eigenvalue weighted by molar-refractivity contribution is 5.40. The zero-order valence-electron chi connectivity index (χ0n) is 12.8. The Balaban J connectivity index is 2.18. The Bertz CT molecular complexity index is 436. The topological polar surface area (TPSA) is 39.7 Å². The van der Waals surface area contributed by atoms with Crippen molar-refractivity contribution < 1.29 is 14.2 Å². The van der Waals surface area contributed by atoms with E-state index in [4.69, 9.17) is 14.2 Å². The molecule has 0 aliphatic heterocycles. The third-order valence-electron chi connectivity index (χ3n) is 3.88. The lowest BCUT2D eigenvalue weighted by Gasteiger charge is -2.35. The molecule has 20 heavy (non-hydrogen) atoms. The lowest BCUT2D eigenvalue weighted by atomic mass is 9.85. The second-order valence-corrected chi connectivity index (χ2v) is 5.31. The fourth-order valence-electron chi connectivity index (χ4n) is 2.94. The van der Waals surface area contributed by atoms with Crippen LogP contribution in [-0.2, 0) is 15.9 Å². The van der Waals surface area contributed by atoms with Gasteiger partial charge < -0.3 is 19.5 Å². The predicted octanol–water partition coefficient (Wildman–Crippen LogP) is 2.32. The molecule has 1 aliphatic carbocycles. The van der Waals surface area contributed by atoms with Crippen LogP contribution in [-0.4, -0.2) is 40.1 Å². The van der Waals surface area contributed by atoms with Crippen molar-refractivity contribution in [1.29, 1.82) is 0 Å². The maximum Gasteiger partial charge on any atom is 0.119 e. The summed E-state index contributed by atoms with van der Waals surface area (Å²) in [5, 5.41) is 3.39. The van der Waals surface area contributed by atoms with E-state index in [1.54, 1.807) is 14.2 Å². The van der Waals surface area contributed by atoms with Crippen LogP contribution in [0.1, 0.15) is 30.5 Å². The highest BCUT2D eigenvalue weighted by atomic mass is 16.5. The summed E-state index contributed by atoms with van der Waals surface area (Å²) in [5.41, 5.74) is 2.66. The number of hydrogen-bond donors (Lipinski definition) is 1. The molecular weight excluding hydrogens is 254 g/mol. The number of likely N-dealkylation sites (N-methyl/N-ethyl adjacent to an activating group) is 1. The summed E-state index contributed by atoms with van der Waals surface area (Å²) in [6.45, 7) is 2.68. The fourth-order valence-corrected chi connectivity index (χ4v) is 2.94. The summed E-state index contributed by atoms with van der Waals surface area (Å²) in [5.74, 6) is 0.898. The lowest BCUT2D eigenvalue weighted by molar-refractivity contribution is -0.0588. The first kappa shape index (κ1) is 15.3. The first-order valence-electron chi connectivity index (χ1n) is 7.18. The molecule has 4 heteroatoms. The van der Waals surface area contributed by atoms with E-state index in [-0.39, 0.29) is 18.2 Å². The van der Waals surface area contributed by atoms with Crippen molar-refractivity contribution >= 4 is 0 Å². The predicted molar refractivity (Wildman–Crippen MR) is 79.3 cm³/mol. The van der Waals surface area contributed by atoms with Gasteiger partial charge in [-0.1, -0.05) is 6.07 Å². The molecule has 3 unspecified atom stereocenters. The van der Waals surface area contributed by atoms with E-state index in [9.17, 15) is 0 Å². The van der Waals surface area contributed by atoms with Gasteiger partial charge in [-0.3, -0.25) is 0 Å². The maximum atomic E-state index is 6.14. The number of ether oxygens (including phenoxy) is 3. The van der Waals surface area contributed by atoms with Crippen LogP contribution in [0.5, 0.6) is 5.75 Å². The number of rotatable bonds is 6. The largest absolute Gasteiger partial charge is 0.497 e.